The number of rotatable bonds is 7. The highest BCUT2D eigenvalue weighted by Crippen LogP contribution is 2.25. The highest BCUT2D eigenvalue weighted by atomic mass is 79.9. The van der Waals surface area contributed by atoms with Crippen molar-refractivity contribution >= 4 is 15.9 Å². The fourth-order valence-corrected chi connectivity index (χ4v) is 1.71. The minimum absolute atomic E-state index is 0.320. The molecular formula is C12H16BrO3. The zero-order valence-electron chi connectivity index (χ0n) is 9.53. The average Bonchev–Trinajstić information content (AvgIpc) is 2.28. The predicted octanol–water partition coefficient (Wildman–Crippen LogP) is 2.99. The summed E-state index contributed by atoms with van der Waals surface area (Å²) in [4.78, 5) is 0. The van der Waals surface area contributed by atoms with Crippen molar-refractivity contribution in [2.24, 2.45) is 0 Å². The van der Waals surface area contributed by atoms with Gasteiger partial charge in [-0.15, -0.1) is 0 Å². The fraction of sp³-hybridized carbons (Fsp3) is 0.500. The highest BCUT2D eigenvalue weighted by molar-refractivity contribution is 9.10. The van der Waals surface area contributed by atoms with E-state index in [2.05, 4.69) is 22.0 Å². The van der Waals surface area contributed by atoms with Crippen LogP contribution in [0.15, 0.2) is 24.3 Å². The largest absolute Gasteiger partial charge is 0.449 e. The summed E-state index contributed by atoms with van der Waals surface area (Å²) < 4.78 is 15.5. The van der Waals surface area contributed by atoms with Gasteiger partial charge in [-0.1, -0.05) is 18.2 Å². The third kappa shape index (κ3) is 4.51. The number of halogens is 1. The highest BCUT2D eigenvalue weighted by Gasteiger charge is 2.30. The molecule has 1 unspecified atom stereocenters. The molecule has 1 atom stereocenters. The van der Waals surface area contributed by atoms with Crippen LogP contribution in [0.2, 0.25) is 0 Å². The van der Waals surface area contributed by atoms with E-state index in [0.29, 0.717) is 25.6 Å². The van der Waals surface area contributed by atoms with E-state index in [4.69, 9.17) is 14.2 Å². The van der Waals surface area contributed by atoms with E-state index in [0.717, 1.165) is 0 Å². The Balaban J connectivity index is 2.62. The summed E-state index contributed by atoms with van der Waals surface area (Å²) in [7, 11) is 0. The number of benzene rings is 1. The van der Waals surface area contributed by atoms with Crippen molar-refractivity contribution in [2.75, 3.05) is 19.8 Å². The lowest BCUT2D eigenvalue weighted by molar-refractivity contribution is -0.139. The van der Waals surface area contributed by atoms with E-state index in [1.807, 2.05) is 32.0 Å². The third-order valence-electron chi connectivity index (χ3n) is 1.78. The number of hydrogen-bond donors (Lipinski definition) is 0. The Morgan fingerprint density at radius 2 is 2.12 bits per heavy atom. The van der Waals surface area contributed by atoms with E-state index in [1.54, 1.807) is 6.07 Å². The van der Waals surface area contributed by atoms with Crippen molar-refractivity contribution in [1.82, 2.24) is 0 Å². The molecule has 0 aliphatic carbocycles. The van der Waals surface area contributed by atoms with Gasteiger partial charge in [0.1, 0.15) is 12.4 Å². The maximum absolute atomic E-state index is 5.66. The minimum atomic E-state index is -0.935. The molecule has 0 saturated carbocycles. The second-order valence-corrected chi connectivity index (χ2v) is 4.27. The predicted molar refractivity (Wildman–Crippen MR) is 65.7 cm³/mol. The van der Waals surface area contributed by atoms with Gasteiger partial charge in [-0.05, 0) is 35.8 Å². The first kappa shape index (κ1) is 13.5. The molecule has 0 aliphatic heterocycles. The maximum atomic E-state index is 5.66. The lowest BCUT2D eigenvalue weighted by Crippen LogP contribution is -2.37. The van der Waals surface area contributed by atoms with Crippen LogP contribution in [0.4, 0.5) is 0 Å². The Bertz CT molecular complexity index is 292. The molecule has 4 heteroatoms. The number of hydrogen-bond acceptors (Lipinski definition) is 3. The standard InChI is InChI=1S/C12H16BrO3/c1-3-14-10-12(13,15-4-2)16-11-8-6-5-7-9-11/h5-8H,3-4,10H2,1-2H3. The van der Waals surface area contributed by atoms with Crippen molar-refractivity contribution in [3.63, 3.8) is 0 Å². The van der Waals surface area contributed by atoms with Gasteiger partial charge in [-0.2, -0.15) is 0 Å². The monoisotopic (exact) mass is 287 g/mol. The smallest absolute Gasteiger partial charge is 0.291 e. The summed E-state index contributed by atoms with van der Waals surface area (Å²) in [5, 5.41) is 0. The Hall–Kier alpha value is -0.580. The molecule has 0 N–H and O–H groups in total. The summed E-state index contributed by atoms with van der Waals surface area (Å²) >= 11 is 3.39. The van der Waals surface area contributed by atoms with Gasteiger partial charge in [0.15, 0.2) is 0 Å². The van der Waals surface area contributed by atoms with Gasteiger partial charge >= 0.3 is 0 Å². The second-order valence-electron chi connectivity index (χ2n) is 3.06. The van der Waals surface area contributed by atoms with Crippen LogP contribution in [0.1, 0.15) is 13.8 Å². The minimum Gasteiger partial charge on any atom is -0.449 e. The van der Waals surface area contributed by atoms with E-state index in [9.17, 15) is 0 Å². The van der Waals surface area contributed by atoms with Gasteiger partial charge in [-0.25, -0.2) is 0 Å². The molecule has 0 spiro atoms. The molecule has 0 saturated heterocycles. The lowest BCUT2D eigenvalue weighted by Gasteiger charge is -2.27. The van der Waals surface area contributed by atoms with Crippen molar-refractivity contribution in [3.8, 4) is 5.75 Å². The summed E-state index contributed by atoms with van der Waals surface area (Å²) in [5.74, 6) is 0.618. The topological polar surface area (TPSA) is 27.7 Å². The van der Waals surface area contributed by atoms with Crippen LogP contribution in [0.5, 0.6) is 5.75 Å². The lowest BCUT2D eigenvalue weighted by atomic mass is 10.3. The molecule has 0 bridgehead atoms. The maximum Gasteiger partial charge on any atom is 0.291 e. The van der Waals surface area contributed by atoms with Crippen LogP contribution >= 0.6 is 15.9 Å². The molecule has 0 amide bonds. The molecule has 1 aromatic rings. The first-order valence-corrected chi connectivity index (χ1v) is 6.06. The molecule has 1 aromatic carbocycles. The summed E-state index contributed by atoms with van der Waals surface area (Å²) in [5.41, 5.74) is 0. The van der Waals surface area contributed by atoms with E-state index in [-0.39, 0.29) is 0 Å². The van der Waals surface area contributed by atoms with Crippen LogP contribution in [0.3, 0.4) is 0 Å². The summed E-state index contributed by atoms with van der Waals surface area (Å²) in [6.07, 6.45) is 0. The van der Waals surface area contributed by atoms with Crippen molar-refractivity contribution in [2.45, 2.75) is 18.5 Å². The van der Waals surface area contributed by atoms with Crippen molar-refractivity contribution in [1.29, 1.82) is 0 Å². The van der Waals surface area contributed by atoms with Gasteiger partial charge in [-0.3, -0.25) is 0 Å². The molecule has 1 rings (SSSR count). The van der Waals surface area contributed by atoms with E-state index >= 15 is 0 Å². The van der Waals surface area contributed by atoms with Crippen molar-refractivity contribution < 1.29 is 14.2 Å². The molecule has 89 valence electrons. The van der Waals surface area contributed by atoms with Gasteiger partial charge < -0.3 is 14.2 Å². The molecular weight excluding hydrogens is 272 g/mol. The Morgan fingerprint density at radius 1 is 1.31 bits per heavy atom. The van der Waals surface area contributed by atoms with Gasteiger partial charge in [0.25, 0.3) is 4.70 Å². The molecule has 0 aromatic heterocycles. The first-order chi connectivity index (χ1) is 7.70. The van der Waals surface area contributed by atoms with E-state index < -0.39 is 4.70 Å². The van der Waals surface area contributed by atoms with Gasteiger partial charge in [0, 0.05) is 19.3 Å². The zero-order valence-corrected chi connectivity index (χ0v) is 11.1. The normalized spacial score (nSPS) is 14.4. The molecule has 3 nitrogen and oxygen atoms in total. The number of para-hydroxylation sites is 1. The molecule has 0 fully saturated rings. The number of alkyl halides is 1. The van der Waals surface area contributed by atoms with Crippen LogP contribution < -0.4 is 4.74 Å². The Morgan fingerprint density at radius 3 is 2.69 bits per heavy atom. The molecule has 0 heterocycles. The first-order valence-electron chi connectivity index (χ1n) is 5.26. The van der Waals surface area contributed by atoms with Crippen LogP contribution in [-0.4, -0.2) is 24.5 Å². The average molecular weight is 288 g/mol. The van der Waals surface area contributed by atoms with Gasteiger partial charge in [0.2, 0.25) is 0 Å². The van der Waals surface area contributed by atoms with Crippen molar-refractivity contribution in [3.05, 3.63) is 30.3 Å². The number of ether oxygens (including phenoxy) is 3. The molecule has 0 aliphatic rings. The zero-order chi connectivity index (χ0) is 11.9. The molecule has 16 heavy (non-hydrogen) atoms. The summed E-state index contributed by atoms with van der Waals surface area (Å²) in [6.45, 7) is 5.29. The quantitative estimate of drug-likeness (QED) is 0.570. The van der Waals surface area contributed by atoms with E-state index in [1.165, 1.54) is 0 Å². The summed E-state index contributed by atoms with van der Waals surface area (Å²) in [6, 6.07) is 10.3. The molecule has 1 radical (unpaired) electrons. The Labute approximate surface area is 105 Å². The SMILES string of the molecule is CCOCC(Br)(OCC)Oc1[c]cccc1. The van der Waals surface area contributed by atoms with Crippen LogP contribution in [0, 0.1) is 6.07 Å². The second kappa shape index (κ2) is 6.89. The van der Waals surface area contributed by atoms with Gasteiger partial charge in [0.05, 0.1) is 0 Å². The fourth-order valence-electron chi connectivity index (χ4n) is 1.14. The van der Waals surface area contributed by atoms with Crippen LogP contribution in [-0.2, 0) is 9.47 Å². The Kier molecular flexibility index (Phi) is 5.80. The van der Waals surface area contributed by atoms with Crippen LogP contribution in [0.25, 0.3) is 0 Å². The third-order valence-corrected chi connectivity index (χ3v) is 2.40.